The summed E-state index contributed by atoms with van der Waals surface area (Å²) in [5.41, 5.74) is 0.693. The van der Waals surface area contributed by atoms with Gasteiger partial charge in [0, 0.05) is 0 Å². The largest absolute Gasteiger partial charge is 0.402 e. The van der Waals surface area contributed by atoms with Crippen LogP contribution in [0.4, 0.5) is 5.69 Å². The van der Waals surface area contributed by atoms with Gasteiger partial charge in [-0.25, -0.2) is 9.78 Å². The Balaban J connectivity index is 2.25. The van der Waals surface area contributed by atoms with Crippen LogP contribution in [0.25, 0.3) is 21.7 Å². The van der Waals surface area contributed by atoms with Crippen molar-refractivity contribution in [2.45, 2.75) is 0 Å². The van der Waals surface area contributed by atoms with Crippen LogP contribution < -0.4 is 5.63 Å². The predicted molar refractivity (Wildman–Crippen MR) is 78.3 cm³/mol. The normalized spacial score (nSPS) is 10.3. The molecule has 1 aromatic carbocycles. The maximum atomic E-state index is 12.0. The molecule has 4 nitrogen and oxygen atoms in total. The molecule has 0 saturated heterocycles. The molecule has 0 aliphatic rings. The molecule has 0 saturated carbocycles. The zero-order valence-electron chi connectivity index (χ0n) is 9.49. The van der Waals surface area contributed by atoms with E-state index in [4.69, 9.17) is 4.42 Å². The lowest BCUT2D eigenvalue weighted by atomic mass is 10.2. The molecule has 19 heavy (non-hydrogen) atoms. The molecule has 3 aromatic rings. The smallest absolute Gasteiger partial charge is 0.347 e. The van der Waals surface area contributed by atoms with Crippen LogP contribution in [0.15, 0.2) is 49.9 Å². The van der Waals surface area contributed by atoms with Crippen molar-refractivity contribution >= 4 is 45.3 Å². The van der Waals surface area contributed by atoms with Crippen molar-refractivity contribution in [3.05, 3.63) is 46.1 Å². The first-order valence-electron chi connectivity index (χ1n) is 5.34. The van der Waals surface area contributed by atoms with E-state index in [9.17, 15) is 4.79 Å². The third kappa shape index (κ3) is 2.24. The lowest BCUT2D eigenvalue weighted by molar-refractivity contribution is 0.520. The first-order chi connectivity index (χ1) is 9.28. The van der Waals surface area contributed by atoms with Gasteiger partial charge in [-0.15, -0.1) is 11.3 Å². The second-order valence-electron chi connectivity index (χ2n) is 3.69. The summed E-state index contributed by atoms with van der Waals surface area (Å²) in [5.74, 6) is 0.332. The highest BCUT2D eigenvalue weighted by Gasteiger charge is 2.09. The van der Waals surface area contributed by atoms with Gasteiger partial charge in [0.15, 0.2) is 0 Å². The molecule has 0 spiro atoms. The van der Waals surface area contributed by atoms with E-state index in [0.29, 0.717) is 22.5 Å². The average Bonchev–Trinajstić information content (AvgIpc) is 2.93. The lowest BCUT2D eigenvalue weighted by Crippen LogP contribution is -2.02. The zero-order valence-corrected chi connectivity index (χ0v) is 11.1. The van der Waals surface area contributed by atoms with E-state index in [1.54, 1.807) is 18.2 Å². The average molecular weight is 286 g/mol. The number of thiophene rings is 1. The number of fused-ring (bicyclic) bond motifs is 1. The number of hydrogen-bond donors (Lipinski definition) is 0. The second kappa shape index (κ2) is 4.85. The summed E-state index contributed by atoms with van der Waals surface area (Å²) in [5, 5.41) is 4.54. The van der Waals surface area contributed by atoms with E-state index >= 15 is 0 Å². The number of aliphatic imine (C=N–C) groups is 1. The summed E-state index contributed by atoms with van der Waals surface area (Å²) >= 11 is 6.00. The highest BCUT2D eigenvalue weighted by molar-refractivity contribution is 7.78. The van der Waals surface area contributed by atoms with Gasteiger partial charge >= 0.3 is 5.63 Å². The molecule has 0 aliphatic carbocycles. The van der Waals surface area contributed by atoms with E-state index in [-0.39, 0.29) is 0 Å². The van der Waals surface area contributed by atoms with E-state index in [2.05, 4.69) is 27.4 Å². The molecule has 0 amide bonds. The molecule has 0 bridgehead atoms. The van der Waals surface area contributed by atoms with Crippen LogP contribution in [0.2, 0.25) is 0 Å². The molecule has 0 atom stereocenters. The summed E-state index contributed by atoms with van der Waals surface area (Å²) in [6, 6.07) is 8.77. The zero-order chi connectivity index (χ0) is 13.2. The molecule has 0 aliphatic heterocycles. The number of rotatable bonds is 2. The van der Waals surface area contributed by atoms with Crippen LogP contribution >= 0.6 is 23.6 Å². The van der Waals surface area contributed by atoms with Crippen molar-refractivity contribution in [2.24, 2.45) is 4.99 Å². The molecular formula is C13H6N2O2S2. The lowest BCUT2D eigenvalue weighted by Gasteiger charge is -1.99. The van der Waals surface area contributed by atoms with Crippen LogP contribution in [0, 0.1) is 0 Å². The highest BCUT2D eigenvalue weighted by atomic mass is 32.1. The van der Waals surface area contributed by atoms with Crippen molar-refractivity contribution in [3.63, 3.8) is 0 Å². The fourth-order valence-corrected chi connectivity index (χ4v) is 2.44. The van der Waals surface area contributed by atoms with Crippen LogP contribution in [0.3, 0.4) is 0 Å². The Labute approximate surface area is 117 Å². The fourth-order valence-electron chi connectivity index (χ4n) is 1.69. The Morgan fingerprint density at radius 1 is 1.37 bits per heavy atom. The van der Waals surface area contributed by atoms with Crippen molar-refractivity contribution in [1.29, 1.82) is 0 Å². The van der Waals surface area contributed by atoms with Gasteiger partial charge < -0.3 is 4.42 Å². The minimum atomic E-state index is -0.435. The third-order valence-corrected chi connectivity index (χ3v) is 3.47. The van der Waals surface area contributed by atoms with Crippen molar-refractivity contribution < 1.29 is 4.42 Å². The van der Waals surface area contributed by atoms with Gasteiger partial charge in [0.25, 0.3) is 0 Å². The minimum absolute atomic E-state index is 0.332. The number of aromatic nitrogens is 1. The number of isothiocyanates is 1. The minimum Gasteiger partial charge on any atom is -0.402 e. The first kappa shape index (κ1) is 11.9. The quantitative estimate of drug-likeness (QED) is 0.533. The summed E-state index contributed by atoms with van der Waals surface area (Å²) in [6.45, 7) is 0. The van der Waals surface area contributed by atoms with E-state index in [0.717, 1.165) is 4.88 Å². The molecule has 3 rings (SSSR count). The Morgan fingerprint density at radius 2 is 2.26 bits per heavy atom. The van der Waals surface area contributed by atoms with Crippen molar-refractivity contribution in [3.8, 4) is 10.8 Å². The summed E-state index contributed by atoms with van der Waals surface area (Å²) in [4.78, 5) is 20.9. The van der Waals surface area contributed by atoms with Gasteiger partial charge in [-0.05, 0) is 41.9 Å². The van der Waals surface area contributed by atoms with Crippen LogP contribution in [0.5, 0.6) is 0 Å². The predicted octanol–water partition coefficient (Wildman–Crippen LogP) is 3.65. The molecule has 6 heteroatoms. The second-order valence-corrected chi connectivity index (χ2v) is 4.82. The van der Waals surface area contributed by atoms with Gasteiger partial charge in [-0.1, -0.05) is 6.07 Å². The SMILES string of the molecule is O=c1oc(-c2cccs2)nc2ccc(N=C=S)cc12. The number of nitrogens with zero attached hydrogens (tertiary/aromatic N) is 2. The molecule has 2 heterocycles. The molecule has 0 radical (unpaired) electrons. The number of benzene rings is 1. The van der Waals surface area contributed by atoms with E-state index < -0.39 is 5.63 Å². The molecule has 0 unspecified atom stereocenters. The molecule has 0 fully saturated rings. The molecule has 2 aromatic heterocycles. The molecule has 92 valence electrons. The monoisotopic (exact) mass is 286 g/mol. The fraction of sp³-hybridized carbons (Fsp3) is 0. The van der Waals surface area contributed by atoms with Gasteiger partial charge in [0.05, 0.1) is 26.6 Å². The Kier molecular flexibility index (Phi) is 3.05. The Morgan fingerprint density at radius 3 is 3.00 bits per heavy atom. The van der Waals surface area contributed by atoms with Crippen molar-refractivity contribution in [1.82, 2.24) is 4.98 Å². The molecular weight excluding hydrogens is 280 g/mol. The van der Waals surface area contributed by atoms with Crippen LogP contribution in [-0.4, -0.2) is 10.1 Å². The topological polar surface area (TPSA) is 55.5 Å². The maximum Gasteiger partial charge on any atom is 0.347 e. The van der Waals surface area contributed by atoms with E-state index in [1.165, 1.54) is 11.3 Å². The highest BCUT2D eigenvalue weighted by Crippen LogP contribution is 2.24. The van der Waals surface area contributed by atoms with Gasteiger partial charge in [-0.2, -0.15) is 4.99 Å². The first-order valence-corrected chi connectivity index (χ1v) is 6.63. The summed E-state index contributed by atoms with van der Waals surface area (Å²) in [7, 11) is 0. The number of thiocarbonyl (C=S) groups is 1. The maximum absolute atomic E-state index is 12.0. The number of hydrogen-bond acceptors (Lipinski definition) is 6. The molecule has 0 N–H and O–H groups in total. The summed E-state index contributed by atoms with van der Waals surface area (Å²) < 4.78 is 5.22. The van der Waals surface area contributed by atoms with E-state index in [1.807, 2.05) is 17.5 Å². The standard InChI is InChI=1S/C13H6N2O2S2/c16-13-9-6-8(14-7-18)3-4-10(9)15-12(17-13)11-2-1-5-19-11/h1-6H. The van der Waals surface area contributed by atoms with Gasteiger partial charge in [0.2, 0.25) is 5.89 Å². The Hall–Kier alpha value is -2.14. The van der Waals surface area contributed by atoms with Crippen LogP contribution in [0.1, 0.15) is 0 Å². The van der Waals surface area contributed by atoms with Gasteiger partial charge in [-0.3, -0.25) is 0 Å². The Bertz CT molecular complexity index is 847. The third-order valence-electron chi connectivity index (χ3n) is 2.52. The van der Waals surface area contributed by atoms with Gasteiger partial charge in [0.1, 0.15) is 0 Å². The van der Waals surface area contributed by atoms with Crippen molar-refractivity contribution in [2.75, 3.05) is 0 Å². The van der Waals surface area contributed by atoms with Crippen LogP contribution in [-0.2, 0) is 0 Å². The summed E-state index contributed by atoms with van der Waals surface area (Å²) in [6.07, 6.45) is 0.